The number of halogens is 2. The Balaban J connectivity index is 0.00000220. The normalized spacial score (nSPS) is 13.9. The molecule has 2 rings (SSSR count). The minimum atomic E-state index is -0.775. The summed E-state index contributed by atoms with van der Waals surface area (Å²) in [6.07, 6.45) is 9.81. The molecule has 0 unspecified atom stereocenters. The summed E-state index contributed by atoms with van der Waals surface area (Å²) in [5.74, 6) is 0.512. The first-order valence-electron chi connectivity index (χ1n) is 5.76. The van der Waals surface area contributed by atoms with Gasteiger partial charge in [-0.05, 0) is 5.70 Å². The summed E-state index contributed by atoms with van der Waals surface area (Å²) in [5, 5.41) is 0. The van der Waals surface area contributed by atoms with E-state index in [2.05, 4.69) is 23.3 Å². The molecule has 0 amide bonds. The zero-order chi connectivity index (χ0) is 14.9. The van der Waals surface area contributed by atoms with Crippen LogP contribution in [0.15, 0.2) is 36.1 Å². The Kier molecular flexibility index (Phi) is 5.89. The number of methoxy groups -OCH3 is 1. The second kappa shape index (κ2) is 7.02. The summed E-state index contributed by atoms with van der Waals surface area (Å²) in [6, 6.07) is 2.37. The van der Waals surface area contributed by atoms with E-state index in [9.17, 15) is 8.78 Å². The summed E-state index contributed by atoms with van der Waals surface area (Å²) < 4.78 is 32.1. The van der Waals surface area contributed by atoms with Crippen molar-refractivity contribution in [2.24, 2.45) is 0 Å². The second-order valence-electron chi connectivity index (χ2n) is 4.17. The minimum Gasteiger partial charge on any atom is -0.491 e. The molecule has 1 aliphatic rings. The van der Waals surface area contributed by atoms with Crippen LogP contribution < -0.4 is 4.74 Å². The largest absolute Gasteiger partial charge is 0.491 e. The zero-order valence-electron chi connectivity index (χ0n) is 11.7. The quantitative estimate of drug-likeness (QED) is 0.593. The molecule has 1 aromatic rings. The number of benzene rings is 1. The van der Waals surface area contributed by atoms with Gasteiger partial charge in [-0.2, -0.15) is 12.2 Å². The summed E-state index contributed by atoms with van der Waals surface area (Å²) >= 11 is 0. The molecular weight excluding hydrogens is 349 g/mol. The molecule has 0 saturated heterocycles. The third-order valence-corrected chi connectivity index (χ3v) is 3.04. The number of nitrogens with zero attached hydrogens (tertiary/aromatic N) is 1. The number of terminal acetylenes is 1. The number of ether oxygens (including phenoxy) is 1. The van der Waals surface area contributed by atoms with E-state index in [0.717, 1.165) is 0 Å². The van der Waals surface area contributed by atoms with Crippen molar-refractivity contribution in [3.63, 3.8) is 0 Å². The maximum atomic E-state index is 13.7. The van der Waals surface area contributed by atoms with Gasteiger partial charge in [-0.15, -0.1) is 12.3 Å². The van der Waals surface area contributed by atoms with Gasteiger partial charge in [0.1, 0.15) is 0 Å². The first-order valence-corrected chi connectivity index (χ1v) is 5.76. The summed E-state index contributed by atoms with van der Waals surface area (Å²) in [7, 11) is 2.91. The summed E-state index contributed by atoms with van der Waals surface area (Å²) in [5.41, 5.74) is 1.95. The Bertz CT molecular complexity index is 663. The summed E-state index contributed by atoms with van der Waals surface area (Å²) in [4.78, 5) is 1.63. The van der Waals surface area contributed by atoms with Crippen LogP contribution in [0.25, 0.3) is 5.70 Å². The van der Waals surface area contributed by atoms with Gasteiger partial charge in [-0.1, -0.05) is 35.5 Å². The van der Waals surface area contributed by atoms with Crippen molar-refractivity contribution in [1.29, 1.82) is 0 Å². The average molecular weight is 361 g/mol. The number of likely N-dealkylation sites (N-methyl/N-ethyl adjacent to an activating group) is 1. The molecule has 0 spiro atoms. The van der Waals surface area contributed by atoms with Crippen molar-refractivity contribution < 1.29 is 46.2 Å². The molecule has 0 aromatic heterocycles. The van der Waals surface area contributed by atoms with E-state index >= 15 is 0 Å². The molecule has 5 heteroatoms. The first-order chi connectivity index (χ1) is 9.49. The maximum absolute atomic E-state index is 13.7. The molecule has 0 N–H and O–H groups in total. The van der Waals surface area contributed by atoms with Gasteiger partial charge in [0.2, 0.25) is 0 Å². The predicted molar refractivity (Wildman–Crippen MR) is 73.4 cm³/mol. The third kappa shape index (κ3) is 3.25. The van der Waals surface area contributed by atoms with Crippen molar-refractivity contribution in [1.82, 2.24) is 4.90 Å². The van der Waals surface area contributed by atoms with Crippen LogP contribution in [0.3, 0.4) is 0 Å². The van der Waals surface area contributed by atoms with E-state index in [-0.39, 0.29) is 32.7 Å². The number of allylic oxidation sites excluding steroid dienone is 3. The Morgan fingerprint density at radius 2 is 1.90 bits per heavy atom. The van der Waals surface area contributed by atoms with Crippen LogP contribution >= 0.6 is 0 Å². The van der Waals surface area contributed by atoms with Crippen LogP contribution in [0.5, 0.6) is 5.75 Å². The summed E-state index contributed by atoms with van der Waals surface area (Å²) in [6.45, 7) is 3.84. The molecule has 0 fully saturated rings. The van der Waals surface area contributed by atoms with Crippen molar-refractivity contribution >= 4 is 5.70 Å². The fraction of sp³-hybridized carbons (Fsp3) is 0.125. The van der Waals surface area contributed by atoms with Crippen LogP contribution in [0.1, 0.15) is 5.56 Å². The molecule has 105 valence electrons. The maximum Gasteiger partial charge on any atom is 0.188 e. The molecule has 2 nitrogen and oxygen atoms in total. The molecule has 0 aliphatic carbocycles. The predicted octanol–water partition coefficient (Wildman–Crippen LogP) is 3.13. The molecular formula is C16H12F2NOY-. The smallest absolute Gasteiger partial charge is 0.188 e. The monoisotopic (exact) mass is 361 g/mol. The number of hydrogen-bond acceptors (Lipinski definition) is 2. The van der Waals surface area contributed by atoms with Crippen LogP contribution in [0.2, 0.25) is 0 Å². The van der Waals surface area contributed by atoms with Gasteiger partial charge in [0.05, 0.1) is 7.11 Å². The van der Waals surface area contributed by atoms with Crippen LogP contribution in [0.4, 0.5) is 8.78 Å². The molecule has 0 saturated carbocycles. The molecule has 0 atom stereocenters. The van der Waals surface area contributed by atoms with Crippen molar-refractivity contribution in [3.8, 4) is 18.1 Å². The fourth-order valence-electron chi connectivity index (χ4n) is 1.93. The van der Waals surface area contributed by atoms with Gasteiger partial charge in [0, 0.05) is 39.8 Å². The Labute approximate surface area is 148 Å². The van der Waals surface area contributed by atoms with Gasteiger partial charge in [0.25, 0.3) is 0 Å². The Morgan fingerprint density at radius 3 is 2.38 bits per heavy atom. The van der Waals surface area contributed by atoms with Gasteiger partial charge < -0.3 is 9.64 Å². The van der Waals surface area contributed by atoms with E-state index in [0.29, 0.717) is 22.5 Å². The van der Waals surface area contributed by atoms with E-state index in [1.807, 2.05) is 0 Å². The van der Waals surface area contributed by atoms with E-state index in [1.165, 1.54) is 19.2 Å². The van der Waals surface area contributed by atoms with Crippen LogP contribution in [-0.2, 0) is 32.7 Å². The minimum absolute atomic E-state index is 0. The number of hydrogen-bond donors (Lipinski definition) is 0. The zero-order valence-corrected chi connectivity index (χ0v) is 14.5. The Morgan fingerprint density at radius 1 is 1.33 bits per heavy atom. The van der Waals surface area contributed by atoms with Gasteiger partial charge in [0.15, 0.2) is 17.4 Å². The SMILES string of the molecule is C#CC1=C[C-]=C(c2cc(F)c(OC)c(F)c2)N(C)C1=C.[Y]. The van der Waals surface area contributed by atoms with Gasteiger partial charge in [-0.3, -0.25) is 0 Å². The van der Waals surface area contributed by atoms with Crippen molar-refractivity contribution in [2.45, 2.75) is 0 Å². The third-order valence-electron chi connectivity index (χ3n) is 3.04. The van der Waals surface area contributed by atoms with Crippen molar-refractivity contribution in [2.75, 3.05) is 14.2 Å². The van der Waals surface area contributed by atoms with Crippen LogP contribution in [0, 0.1) is 30.1 Å². The Hall–Kier alpha value is -1.44. The van der Waals surface area contributed by atoms with E-state index in [1.54, 1.807) is 18.0 Å². The average Bonchev–Trinajstić information content (AvgIpc) is 2.41. The molecule has 21 heavy (non-hydrogen) atoms. The molecule has 0 bridgehead atoms. The van der Waals surface area contributed by atoms with Crippen LogP contribution in [-0.4, -0.2) is 19.1 Å². The topological polar surface area (TPSA) is 12.5 Å². The molecule has 1 heterocycles. The molecule has 1 radical (unpaired) electrons. The van der Waals surface area contributed by atoms with E-state index < -0.39 is 17.4 Å². The fourth-order valence-corrected chi connectivity index (χ4v) is 1.93. The second-order valence-corrected chi connectivity index (χ2v) is 4.17. The van der Waals surface area contributed by atoms with E-state index in [4.69, 9.17) is 6.42 Å². The number of rotatable bonds is 2. The molecule has 1 aromatic carbocycles. The van der Waals surface area contributed by atoms with Crippen molar-refractivity contribution in [3.05, 3.63) is 59.3 Å². The van der Waals surface area contributed by atoms with Gasteiger partial charge in [-0.25, -0.2) is 8.78 Å². The molecule has 1 aliphatic heterocycles. The van der Waals surface area contributed by atoms with Gasteiger partial charge >= 0.3 is 0 Å². The first kappa shape index (κ1) is 17.6. The standard InChI is InChI=1S/C16H12F2NO.Y/c1-5-11-6-7-15(19(3)10(11)2)12-8-13(17)16(20-4)14(18)9-12;/h1,6,8-9H,2H2,3-4H3;/q-1;.